The van der Waals surface area contributed by atoms with Gasteiger partial charge in [0, 0.05) is 23.9 Å². The summed E-state index contributed by atoms with van der Waals surface area (Å²) < 4.78 is 25.2. The summed E-state index contributed by atoms with van der Waals surface area (Å²) in [5.74, 6) is -0.332. The van der Waals surface area contributed by atoms with Crippen LogP contribution in [-0.4, -0.2) is 27.6 Å². The molecule has 0 heterocycles. The predicted molar refractivity (Wildman–Crippen MR) is 114 cm³/mol. The molecule has 0 aliphatic carbocycles. The van der Waals surface area contributed by atoms with Crippen molar-refractivity contribution in [2.45, 2.75) is 0 Å². The zero-order valence-electron chi connectivity index (χ0n) is 15.6. The molecule has 0 aliphatic rings. The quantitative estimate of drug-likeness (QED) is 0.646. The van der Waals surface area contributed by atoms with Crippen molar-refractivity contribution in [3.8, 4) is 11.1 Å². The van der Waals surface area contributed by atoms with E-state index in [1.54, 1.807) is 48.5 Å². The van der Waals surface area contributed by atoms with Gasteiger partial charge >= 0.3 is 0 Å². The van der Waals surface area contributed by atoms with Gasteiger partial charge < -0.3 is 11.1 Å². The van der Waals surface area contributed by atoms with Gasteiger partial charge in [-0.3, -0.25) is 9.10 Å². The van der Waals surface area contributed by atoms with Gasteiger partial charge in [0.15, 0.2) is 0 Å². The van der Waals surface area contributed by atoms with Crippen LogP contribution in [-0.2, 0) is 10.0 Å². The molecule has 3 aromatic rings. The molecule has 0 fully saturated rings. The van der Waals surface area contributed by atoms with Crippen LogP contribution in [0.25, 0.3) is 11.1 Å². The van der Waals surface area contributed by atoms with Gasteiger partial charge in [0.1, 0.15) is 0 Å². The van der Waals surface area contributed by atoms with Crippen LogP contribution in [0, 0.1) is 0 Å². The maximum Gasteiger partial charge on any atom is 0.255 e. The summed E-state index contributed by atoms with van der Waals surface area (Å²) in [6.45, 7) is 0. The summed E-state index contributed by atoms with van der Waals surface area (Å²) in [6, 6.07) is 21.2. The number of anilines is 3. The van der Waals surface area contributed by atoms with E-state index in [0.29, 0.717) is 22.6 Å². The number of benzene rings is 3. The first kappa shape index (κ1) is 19.4. The van der Waals surface area contributed by atoms with Crippen molar-refractivity contribution in [3.05, 3.63) is 78.4 Å². The van der Waals surface area contributed by atoms with E-state index in [1.165, 1.54) is 7.05 Å². The van der Waals surface area contributed by atoms with Crippen LogP contribution < -0.4 is 15.4 Å². The molecule has 0 atom stereocenters. The Morgan fingerprint density at radius 1 is 0.964 bits per heavy atom. The number of sulfonamides is 1. The fraction of sp³-hybridized carbons (Fsp3) is 0.0952. The van der Waals surface area contributed by atoms with Crippen LogP contribution in [0.5, 0.6) is 0 Å². The molecule has 6 nitrogen and oxygen atoms in total. The van der Waals surface area contributed by atoms with Crippen LogP contribution in [0.4, 0.5) is 17.1 Å². The third kappa shape index (κ3) is 4.15. The van der Waals surface area contributed by atoms with Crippen LogP contribution in [0.1, 0.15) is 10.4 Å². The number of nitrogens with two attached hydrogens (primary N) is 1. The van der Waals surface area contributed by atoms with Gasteiger partial charge in [-0.25, -0.2) is 8.42 Å². The maximum absolute atomic E-state index is 12.6. The molecule has 0 radical (unpaired) electrons. The van der Waals surface area contributed by atoms with Crippen molar-refractivity contribution in [2.24, 2.45) is 0 Å². The number of carbonyl (C=O) groups excluding carboxylic acids is 1. The molecule has 3 aromatic carbocycles. The topological polar surface area (TPSA) is 92.5 Å². The van der Waals surface area contributed by atoms with Crippen molar-refractivity contribution in [1.29, 1.82) is 0 Å². The van der Waals surface area contributed by atoms with Gasteiger partial charge in [-0.2, -0.15) is 0 Å². The Labute approximate surface area is 164 Å². The molecular weight excluding hydrogens is 374 g/mol. The zero-order chi connectivity index (χ0) is 20.3. The highest BCUT2D eigenvalue weighted by Gasteiger charge is 2.19. The van der Waals surface area contributed by atoms with Crippen molar-refractivity contribution >= 4 is 33.0 Å². The second-order valence-corrected chi connectivity index (χ2v) is 8.38. The number of hydrogen-bond acceptors (Lipinski definition) is 4. The third-order valence-corrected chi connectivity index (χ3v) is 5.58. The van der Waals surface area contributed by atoms with Crippen molar-refractivity contribution in [3.63, 3.8) is 0 Å². The Morgan fingerprint density at radius 3 is 2.25 bits per heavy atom. The van der Waals surface area contributed by atoms with Crippen molar-refractivity contribution < 1.29 is 13.2 Å². The van der Waals surface area contributed by atoms with Gasteiger partial charge in [-0.1, -0.05) is 42.5 Å². The van der Waals surface area contributed by atoms with Crippen molar-refractivity contribution in [1.82, 2.24) is 0 Å². The maximum atomic E-state index is 12.6. The minimum Gasteiger partial charge on any atom is -0.398 e. The summed E-state index contributed by atoms with van der Waals surface area (Å²) in [7, 11) is -2.06. The van der Waals surface area contributed by atoms with Crippen molar-refractivity contribution in [2.75, 3.05) is 28.7 Å². The summed E-state index contributed by atoms with van der Waals surface area (Å²) in [6.07, 6.45) is 1.11. The molecule has 28 heavy (non-hydrogen) atoms. The summed E-state index contributed by atoms with van der Waals surface area (Å²) in [5.41, 5.74) is 9.44. The molecular formula is C21H21N3O3S. The van der Waals surface area contributed by atoms with E-state index in [4.69, 9.17) is 5.73 Å². The minimum atomic E-state index is -3.51. The van der Waals surface area contributed by atoms with E-state index in [-0.39, 0.29) is 5.91 Å². The van der Waals surface area contributed by atoms with Gasteiger partial charge in [-0.05, 0) is 35.9 Å². The van der Waals surface area contributed by atoms with Gasteiger partial charge in [-0.15, -0.1) is 0 Å². The number of rotatable bonds is 5. The lowest BCUT2D eigenvalue weighted by atomic mass is 10.0. The molecule has 0 aromatic heterocycles. The number of para-hydroxylation sites is 1. The highest BCUT2D eigenvalue weighted by Crippen LogP contribution is 2.34. The SMILES string of the molecule is CN(c1ccc(-c2ccccc2N)cc1NC(=O)c1ccccc1)S(C)(=O)=O. The number of nitrogens with one attached hydrogen (secondary N) is 1. The fourth-order valence-corrected chi connectivity index (χ4v) is 3.32. The lowest BCUT2D eigenvalue weighted by molar-refractivity contribution is 0.102. The Morgan fingerprint density at radius 2 is 1.61 bits per heavy atom. The van der Waals surface area contributed by atoms with E-state index in [1.807, 2.05) is 24.3 Å². The third-order valence-electron chi connectivity index (χ3n) is 4.39. The molecule has 3 N–H and O–H groups in total. The summed E-state index contributed by atoms with van der Waals surface area (Å²) in [5, 5.41) is 2.82. The smallest absolute Gasteiger partial charge is 0.255 e. The summed E-state index contributed by atoms with van der Waals surface area (Å²) in [4.78, 5) is 12.6. The highest BCUT2D eigenvalue weighted by atomic mass is 32.2. The molecule has 0 aliphatic heterocycles. The number of nitrogen functional groups attached to an aromatic ring is 1. The zero-order valence-corrected chi connectivity index (χ0v) is 16.4. The normalized spacial score (nSPS) is 11.1. The molecule has 0 bridgehead atoms. The largest absolute Gasteiger partial charge is 0.398 e. The lowest BCUT2D eigenvalue weighted by Crippen LogP contribution is -2.26. The second-order valence-electron chi connectivity index (χ2n) is 6.37. The molecule has 3 rings (SSSR count). The molecule has 7 heteroatoms. The van der Waals surface area contributed by atoms with Gasteiger partial charge in [0.2, 0.25) is 10.0 Å². The average molecular weight is 395 g/mol. The first-order chi connectivity index (χ1) is 13.3. The van der Waals surface area contributed by atoms with E-state index >= 15 is 0 Å². The van der Waals surface area contributed by atoms with Crippen LogP contribution in [0.3, 0.4) is 0 Å². The predicted octanol–water partition coefficient (Wildman–Crippen LogP) is 3.58. The second kappa shape index (κ2) is 7.74. The highest BCUT2D eigenvalue weighted by molar-refractivity contribution is 7.92. The fourth-order valence-electron chi connectivity index (χ4n) is 2.80. The standard InChI is InChI=1S/C21H21N3O3S/c1-24(28(2,26)27)20-13-12-16(17-10-6-7-11-18(17)22)14-19(20)23-21(25)15-8-4-3-5-9-15/h3-14H,22H2,1-2H3,(H,23,25). The first-order valence-electron chi connectivity index (χ1n) is 8.56. The number of carbonyl (C=O) groups is 1. The molecule has 0 spiro atoms. The number of hydrogen-bond donors (Lipinski definition) is 2. The van der Waals surface area contributed by atoms with Gasteiger partial charge in [0.25, 0.3) is 5.91 Å². The van der Waals surface area contributed by atoms with E-state index in [0.717, 1.165) is 21.7 Å². The minimum absolute atomic E-state index is 0.332. The Kier molecular flexibility index (Phi) is 5.37. The monoisotopic (exact) mass is 395 g/mol. The van der Waals surface area contributed by atoms with E-state index in [2.05, 4.69) is 5.32 Å². The van der Waals surface area contributed by atoms with E-state index in [9.17, 15) is 13.2 Å². The molecule has 144 valence electrons. The van der Waals surface area contributed by atoms with Crippen LogP contribution in [0.15, 0.2) is 72.8 Å². The number of nitrogens with zero attached hydrogens (tertiary/aromatic N) is 1. The molecule has 0 saturated heterocycles. The Bertz CT molecular complexity index is 1110. The van der Waals surface area contributed by atoms with Gasteiger partial charge in [0.05, 0.1) is 17.6 Å². The van der Waals surface area contributed by atoms with E-state index < -0.39 is 10.0 Å². The molecule has 1 amide bonds. The summed E-state index contributed by atoms with van der Waals surface area (Å²) >= 11 is 0. The Hall–Kier alpha value is -3.32. The Balaban J connectivity index is 2.08. The first-order valence-corrected chi connectivity index (χ1v) is 10.4. The average Bonchev–Trinajstić information content (AvgIpc) is 2.68. The molecule has 0 unspecified atom stereocenters. The molecule has 0 saturated carbocycles. The van der Waals surface area contributed by atoms with Crippen LogP contribution >= 0.6 is 0 Å². The van der Waals surface area contributed by atoms with Crippen LogP contribution in [0.2, 0.25) is 0 Å². The number of amides is 1. The lowest BCUT2D eigenvalue weighted by Gasteiger charge is -2.21.